The number of nitrogens with two attached hydrogens (primary N) is 1. The molecule has 0 aromatic carbocycles. The van der Waals surface area contributed by atoms with E-state index in [-0.39, 0.29) is 17.0 Å². The second-order valence-electron chi connectivity index (χ2n) is 4.29. The van der Waals surface area contributed by atoms with Gasteiger partial charge in [0, 0.05) is 11.6 Å². The molecule has 1 aliphatic rings. The maximum atomic E-state index is 11.4. The Kier molecular flexibility index (Phi) is 1.83. The molecule has 3 rings (SSSR count). The van der Waals surface area contributed by atoms with Gasteiger partial charge in [-0.25, -0.2) is 0 Å². The second-order valence-corrected chi connectivity index (χ2v) is 4.29. The van der Waals surface area contributed by atoms with E-state index in [1.54, 1.807) is 18.3 Å². The first-order valence-electron chi connectivity index (χ1n) is 5.29. The number of nitrogens with one attached hydrogen (secondary N) is 1. The van der Waals surface area contributed by atoms with Gasteiger partial charge in [0.2, 0.25) is 5.91 Å². The average Bonchev–Trinajstić information content (AvgIpc) is 3.10. The number of fused-ring (bicyclic) bond motifs is 1. The van der Waals surface area contributed by atoms with Gasteiger partial charge in [-0.1, -0.05) is 0 Å². The van der Waals surface area contributed by atoms with Crippen LogP contribution in [0, 0.1) is 0 Å². The van der Waals surface area contributed by atoms with Gasteiger partial charge in [0.25, 0.3) is 5.56 Å². The largest absolute Gasteiger partial charge is 0.369 e. The van der Waals surface area contributed by atoms with Crippen molar-refractivity contribution >= 4 is 16.8 Å². The van der Waals surface area contributed by atoms with E-state index in [0.717, 1.165) is 0 Å². The van der Waals surface area contributed by atoms with Crippen molar-refractivity contribution in [3.8, 4) is 0 Å². The van der Waals surface area contributed by atoms with Crippen LogP contribution in [0.5, 0.6) is 0 Å². The smallest absolute Gasteiger partial charge is 0.276 e. The highest BCUT2D eigenvalue weighted by atomic mass is 16.1. The topological polar surface area (TPSA) is 102 Å². The van der Waals surface area contributed by atoms with Crippen molar-refractivity contribution in [2.45, 2.75) is 18.3 Å². The summed E-state index contributed by atoms with van der Waals surface area (Å²) in [5.41, 5.74) is 5.25. The molecule has 86 valence electrons. The highest BCUT2D eigenvalue weighted by Crippen LogP contribution is 2.47. The van der Waals surface area contributed by atoms with E-state index in [1.807, 2.05) is 0 Å². The molecule has 2 heterocycles. The number of hydrogen-bond donors (Lipinski definition) is 2. The zero-order valence-corrected chi connectivity index (χ0v) is 8.93. The number of amides is 1. The number of H-pyrrole nitrogens is 1. The third-order valence-corrected chi connectivity index (χ3v) is 3.23. The molecule has 0 unspecified atom stereocenters. The van der Waals surface area contributed by atoms with Gasteiger partial charge in [-0.3, -0.25) is 9.59 Å². The third kappa shape index (κ3) is 1.33. The van der Waals surface area contributed by atoms with Gasteiger partial charge in [0.15, 0.2) is 5.52 Å². The van der Waals surface area contributed by atoms with E-state index < -0.39 is 5.41 Å². The minimum absolute atomic E-state index is 0.275. The molecule has 17 heavy (non-hydrogen) atoms. The minimum Gasteiger partial charge on any atom is -0.369 e. The number of aromatic amines is 1. The number of hydrogen-bond acceptors (Lipinski definition) is 4. The molecule has 3 N–H and O–H groups in total. The standard InChI is InChI=1S/C11H10N4O2/c12-10(17)11(2-3-11)7-5-6-1-4-13-9(16)8(6)15-14-7/h1,4-5H,2-3H2,(H2,12,17)(H,13,16). The van der Waals surface area contributed by atoms with Crippen molar-refractivity contribution in [3.63, 3.8) is 0 Å². The summed E-state index contributed by atoms with van der Waals surface area (Å²) in [6, 6.07) is 3.45. The summed E-state index contributed by atoms with van der Waals surface area (Å²) in [4.78, 5) is 25.3. The molecule has 2 aromatic heterocycles. The van der Waals surface area contributed by atoms with Crippen molar-refractivity contribution in [1.82, 2.24) is 15.2 Å². The van der Waals surface area contributed by atoms with Gasteiger partial charge < -0.3 is 10.7 Å². The Hall–Kier alpha value is -2.24. The molecule has 1 aliphatic carbocycles. The van der Waals surface area contributed by atoms with E-state index in [2.05, 4.69) is 15.2 Å². The van der Waals surface area contributed by atoms with Crippen LogP contribution in [0.3, 0.4) is 0 Å². The molecule has 0 atom stereocenters. The van der Waals surface area contributed by atoms with Gasteiger partial charge in [-0.2, -0.15) is 5.10 Å². The lowest BCUT2D eigenvalue weighted by Crippen LogP contribution is -2.29. The molecule has 6 heteroatoms. The molecule has 0 radical (unpaired) electrons. The van der Waals surface area contributed by atoms with Crippen molar-refractivity contribution in [2.24, 2.45) is 5.73 Å². The Morgan fingerprint density at radius 3 is 2.82 bits per heavy atom. The van der Waals surface area contributed by atoms with Gasteiger partial charge in [-0.05, 0) is 25.0 Å². The molecule has 0 bridgehead atoms. The Bertz CT molecular complexity index is 672. The number of primary amides is 1. The molecule has 2 aromatic rings. The molecule has 6 nitrogen and oxygen atoms in total. The molecular formula is C11H10N4O2. The summed E-state index contributed by atoms with van der Waals surface area (Å²) < 4.78 is 0. The van der Waals surface area contributed by atoms with Crippen LogP contribution in [0.1, 0.15) is 18.5 Å². The van der Waals surface area contributed by atoms with Crippen molar-refractivity contribution in [1.29, 1.82) is 0 Å². The number of carbonyl (C=O) groups excluding carboxylic acids is 1. The Morgan fingerprint density at radius 1 is 1.41 bits per heavy atom. The molecular weight excluding hydrogens is 220 g/mol. The van der Waals surface area contributed by atoms with Crippen LogP contribution < -0.4 is 11.3 Å². The predicted octanol–water partition coefficient (Wildman–Crippen LogP) is -0.165. The predicted molar refractivity (Wildman–Crippen MR) is 60.3 cm³/mol. The number of carbonyl (C=O) groups is 1. The van der Waals surface area contributed by atoms with Gasteiger partial charge >= 0.3 is 0 Å². The van der Waals surface area contributed by atoms with Gasteiger partial charge in [0.1, 0.15) is 0 Å². The molecule has 0 spiro atoms. The molecule has 0 saturated heterocycles. The fourth-order valence-corrected chi connectivity index (χ4v) is 1.97. The van der Waals surface area contributed by atoms with Gasteiger partial charge in [0.05, 0.1) is 11.1 Å². The lowest BCUT2D eigenvalue weighted by Gasteiger charge is -2.09. The maximum absolute atomic E-state index is 11.4. The number of nitrogens with zero attached hydrogens (tertiary/aromatic N) is 2. The SMILES string of the molecule is NC(=O)C1(c2cc3cc[nH]c(=O)c3nn2)CC1. The summed E-state index contributed by atoms with van der Waals surface area (Å²) in [5, 5.41) is 8.49. The number of aromatic nitrogens is 3. The normalized spacial score (nSPS) is 16.9. The first kappa shape index (κ1) is 9.95. The number of rotatable bonds is 2. The number of pyridine rings is 1. The summed E-state index contributed by atoms with van der Waals surface area (Å²) in [6.45, 7) is 0. The van der Waals surface area contributed by atoms with Crippen LogP contribution in [0.4, 0.5) is 0 Å². The molecule has 1 amide bonds. The minimum atomic E-state index is -0.663. The van der Waals surface area contributed by atoms with Crippen LogP contribution >= 0.6 is 0 Å². The van der Waals surface area contributed by atoms with E-state index >= 15 is 0 Å². The van der Waals surface area contributed by atoms with Crippen LogP contribution in [0.15, 0.2) is 23.1 Å². The van der Waals surface area contributed by atoms with E-state index in [1.165, 1.54) is 0 Å². The molecule has 1 saturated carbocycles. The summed E-state index contributed by atoms with van der Waals surface area (Å²) in [7, 11) is 0. The zero-order valence-electron chi connectivity index (χ0n) is 8.93. The van der Waals surface area contributed by atoms with Crippen LogP contribution in [0.2, 0.25) is 0 Å². The van der Waals surface area contributed by atoms with Crippen molar-refractivity contribution < 1.29 is 4.79 Å². The van der Waals surface area contributed by atoms with Crippen molar-refractivity contribution in [3.05, 3.63) is 34.4 Å². The first-order valence-corrected chi connectivity index (χ1v) is 5.29. The Labute approximate surface area is 95.9 Å². The summed E-state index contributed by atoms with van der Waals surface area (Å²) in [6.07, 6.45) is 2.94. The van der Waals surface area contributed by atoms with Gasteiger partial charge in [-0.15, -0.1) is 5.10 Å². The molecule has 1 fully saturated rings. The monoisotopic (exact) mass is 230 g/mol. The van der Waals surface area contributed by atoms with E-state index in [4.69, 9.17) is 5.73 Å². The maximum Gasteiger partial charge on any atom is 0.276 e. The van der Waals surface area contributed by atoms with Crippen molar-refractivity contribution in [2.75, 3.05) is 0 Å². The summed E-state index contributed by atoms with van der Waals surface area (Å²) in [5.74, 6) is -0.379. The van der Waals surface area contributed by atoms with Crippen LogP contribution in [0.25, 0.3) is 10.9 Å². The highest BCUT2D eigenvalue weighted by Gasteiger charge is 2.51. The lowest BCUT2D eigenvalue weighted by molar-refractivity contribution is -0.120. The first-order chi connectivity index (χ1) is 8.13. The van der Waals surface area contributed by atoms with E-state index in [9.17, 15) is 9.59 Å². The Morgan fingerprint density at radius 2 is 2.18 bits per heavy atom. The van der Waals surface area contributed by atoms with Crippen LogP contribution in [-0.2, 0) is 10.2 Å². The Balaban J connectivity index is 2.22. The third-order valence-electron chi connectivity index (χ3n) is 3.23. The lowest BCUT2D eigenvalue weighted by atomic mass is 10.0. The summed E-state index contributed by atoms with van der Waals surface area (Å²) >= 11 is 0. The second kappa shape index (κ2) is 3.13. The zero-order chi connectivity index (χ0) is 12.0. The van der Waals surface area contributed by atoms with E-state index in [0.29, 0.717) is 23.9 Å². The highest BCUT2D eigenvalue weighted by molar-refractivity contribution is 5.90. The van der Waals surface area contributed by atoms with Crippen LogP contribution in [-0.4, -0.2) is 21.1 Å². The fraction of sp³-hybridized carbons (Fsp3) is 0.273. The quantitative estimate of drug-likeness (QED) is 0.748. The average molecular weight is 230 g/mol. The fourth-order valence-electron chi connectivity index (χ4n) is 1.97. The molecule has 0 aliphatic heterocycles.